The van der Waals surface area contributed by atoms with Gasteiger partial charge in [-0.1, -0.05) is 0 Å². The molecule has 0 spiro atoms. The van der Waals surface area contributed by atoms with Gasteiger partial charge in [-0.05, 0) is 38.4 Å². The summed E-state index contributed by atoms with van der Waals surface area (Å²) in [5.74, 6) is -0.0207. The fourth-order valence-corrected chi connectivity index (χ4v) is 2.27. The SMILES string of the molecule is COc1ccc(NC(=O)C2(C)CCCN2)cc1[N+](=O)[O-]. The van der Waals surface area contributed by atoms with Gasteiger partial charge in [0.15, 0.2) is 5.75 Å². The number of nitro groups is 1. The van der Waals surface area contributed by atoms with Crippen molar-refractivity contribution in [3.8, 4) is 5.75 Å². The fourth-order valence-electron chi connectivity index (χ4n) is 2.27. The molecule has 108 valence electrons. The minimum atomic E-state index is -0.616. The van der Waals surface area contributed by atoms with E-state index in [0.717, 1.165) is 19.4 Å². The summed E-state index contributed by atoms with van der Waals surface area (Å²) in [5.41, 5.74) is -0.401. The number of carbonyl (C=O) groups excluding carboxylic acids is 1. The molecule has 1 amide bonds. The van der Waals surface area contributed by atoms with Gasteiger partial charge in [0.25, 0.3) is 0 Å². The molecule has 7 nitrogen and oxygen atoms in total. The van der Waals surface area contributed by atoms with Crippen LogP contribution in [-0.4, -0.2) is 30.0 Å². The first-order chi connectivity index (χ1) is 9.46. The van der Waals surface area contributed by atoms with Crippen molar-refractivity contribution in [2.45, 2.75) is 25.3 Å². The molecule has 0 aromatic heterocycles. The number of hydrogen-bond acceptors (Lipinski definition) is 5. The summed E-state index contributed by atoms with van der Waals surface area (Å²) < 4.78 is 4.92. The van der Waals surface area contributed by atoms with Crippen LogP contribution in [0.4, 0.5) is 11.4 Å². The van der Waals surface area contributed by atoms with Gasteiger partial charge in [0.05, 0.1) is 17.6 Å². The quantitative estimate of drug-likeness (QED) is 0.646. The molecule has 0 bridgehead atoms. The standard InChI is InChI=1S/C13H17N3O4/c1-13(6-3-7-14-13)12(17)15-9-4-5-11(20-2)10(8-9)16(18)19/h4-5,8,14H,3,6-7H2,1-2H3,(H,15,17). The number of anilines is 1. The van der Waals surface area contributed by atoms with Crippen LogP contribution in [0.25, 0.3) is 0 Å². The molecule has 1 fully saturated rings. The highest BCUT2D eigenvalue weighted by Gasteiger charge is 2.36. The third-order valence-electron chi connectivity index (χ3n) is 3.50. The van der Waals surface area contributed by atoms with Gasteiger partial charge in [-0.2, -0.15) is 0 Å². The summed E-state index contributed by atoms with van der Waals surface area (Å²) in [6, 6.07) is 4.36. The first-order valence-electron chi connectivity index (χ1n) is 6.35. The molecule has 1 aromatic rings. The van der Waals surface area contributed by atoms with Crippen LogP contribution in [0, 0.1) is 10.1 Å². The monoisotopic (exact) mass is 279 g/mol. The molecule has 1 aliphatic heterocycles. The molecule has 20 heavy (non-hydrogen) atoms. The first-order valence-corrected chi connectivity index (χ1v) is 6.35. The van der Waals surface area contributed by atoms with Crippen molar-refractivity contribution in [1.29, 1.82) is 0 Å². The van der Waals surface area contributed by atoms with E-state index in [9.17, 15) is 14.9 Å². The van der Waals surface area contributed by atoms with Crippen LogP contribution in [0.1, 0.15) is 19.8 Å². The summed E-state index contributed by atoms with van der Waals surface area (Å²) in [6.45, 7) is 2.62. The van der Waals surface area contributed by atoms with Crippen molar-refractivity contribution < 1.29 is 14.5 Å². The van der Waals surface area contributed by atoms with Gasteiger partial charge in [0, 0.05) is 11.8 Å². The Kier molecular flexibility index (Phi) is 3.89. The highest BCUT2D eigenvalue weighted by molar-refractivity contribution is 5.98. The third kappa shape index (κ3) is 2.72. The normalized spacial score (nSPS) is 21.5. The molecule has 0 saturated carbocycles. The van der Waals surface area contributed by atoms with Crippen LogP contribution in [0.3, 0.4) is 0 Å². The van der Waals surface area contributed by atoms with E-state index in [-0.39, 0.29) is 17.3 Å². The Morgan fingerprint density at radius 3 is 2.85 bits per heavy atom. The maximum Gasteiger partial charge on any atom is 0.312 e. The molecule has 1 heterocycles. The van der Waals surface area contributed by atoms with Crippen LogP contribution in [0.2, 0.25) is 0 Å². The van der Waals surface area contributed by atoms with Crippen LogP contribution < -0.4 is 15.4 Å². The van der Waals surface area contributed by atoms with Crippen molar-refractivity contribution in [3.05, 3.63) is 28.3 Å². The number of nitrogens with zero attached hydrogens (tertiary/aromatic N) is 1. The van der Waals surface area contributed by atoms with Crippen LogP contribution >= 0.6 is 0 Å². The van der Waals surface area contributed by atoms with Gasteiger partial charge in [0.1, 0.15) is 0 Å². The molecule has 1 aromatic carbocycles. The Labute approximate surface area is 116 Å². The minimum absolute atomic E-state index is 0.165. The summed E-state index contributed by atoms with van der Waals surface area (Å²) in [6.07, 6.45) is 1.68. The Morgan fingerprint density at radius 2 is 2.30 bits per heavy atom. The lowest BCUT2D eigenvalue weighted by molar-refractivity contribution is -0.385. The summed E-state index contributed by atoms with van der Waals surface area (Å²) in [4.78, 5) is 22.6. The lowest BCUT2D eigenvalue weighted by Crippen LogP contribution is -2.47. The van der Waals surface area contributed by atoms with E-state index in [1.807, 2.05) is 6.92 Å². The summed E-state index contributed by atoms with van der Waals surface area (Å²) in [7, 11) is 1.37. The summed E-state index contributed by atoms with van der Waals surface area (Å²) >= 11 is 0. The predicted octanol–water partition coefficient (Wildman–Crippen LogP) is 1.68. The van der Waals surface area contributed by atoms with Crippen LogP contribution in [-0.2, 0) is 4.79 Å². The summed E-state index contributed by atoms with van der Waals surface area (Å²) in [5, 5.41) is 16.8. The average Bonchev–Trinajstić information content (AvgIpc) is 2.87. The van der Waals surface area contributed by atoms with Gasteiger partial charge in [-0.15, -0.1) is 0 Å². The van der Waals surface area contributed by atoms with E-state index in [1.54, 1.807) is 6.07 Å². The third-order valence-corrected chi connectivity index (χ3v) is 3.50. The predicted molar refractivity (Wildman–Crippen MR) is 73.9 cm³/mol. The number of ether oxygens (including phenoxy) is 1. The van der Waals surface area contributed by atoms with E-state index < -0.39 is 10.5 Å². The van der Waals surface area contributed by atoms with Crippen molar-refractivity contribution in [3.63, 3.8) is 0 Å². The average molecular weight is 279 g/mol. The second kappa shape index (κ2) is 5.46. The minimum Gasteiger partial charge on any atom is -0.490 e. The van der Waals surface area contributed by atoms with Gasteiger partial charge in [0.2, 0.25) is 5.91 Å². The number of methoxy groups -OCH3 is 1. The van der Waals surface area contributed by atoms with E-state index in [0.29, 0.717) is 5.69 Å². The van der Waals surface area contributed by atoms with Gasteiger partial charge < -0.3 is 15.4 Å². The topological polar surface area (TPSA) is 93.5 Å². The molecular weight excluding hydrogens is 262 g/mol. The molecule has 1 atom stereocenters. The van der Waals surface area contributed by atoms with Gasteiger partial charge >= 0.3 is 5.69 Å². The molecule has 7 heteroatoms. The van der Waals surface area contributed by atoms with E-state index in [2.05, 4.69) is 10.6 Å². The number of nitrogens with one attached hydrogen (secondary N) is 2. The molecule has 0 radical (unpaired) electrons. The fraction of sp³-hybridized carbons (Fsp3) is 0.462. The molecule has 1 aliphatic rings. The highest BCUT2D eigenvalue weighted by atomic mass is 16.6. The number of carbonyl (C=O) groups is 1. The van der Waals surface area contributed by atoms with Crippen LogP contribution in [0.5, 0.6) is 5.75 Å². The molecule has 0 aliphatic carbocycles. The van der Waals surface area contributed by atoms with Gasteiger partial charge in [-0.3, -0.25) is 14.9 Å². The number of hydrogen-bond donors (Lipinski definition) is 2. The van der Waals surface area contributed by atoms with Crippen molar-refractivity contribution in [2.24, 2.45) is 0 Å². The zero-order valence-corrected chi connectivity index (χ0v) is 11.4. The Bertz CT molecular complexity index is 538. The second-order valence-corrected chi connectivity index (χ2v) is 4.96. The maximum atomic E-state index is 12.2. The van der Waals surface area contributed by atoms with E-state index >= 15 is 0 Å². The Balaban J connectivity index is 2.19. The Hall–Kier alpha value is -2.15. The van der Waals surface area contributed by atoms with Crippen molar-refractivity contribution in [2.75, 3.05) is 19.0 Å². The smallest absolute Gasteiger partial charge is 0.312 e. The Morgan fingerprint density at radius 1 is 1.55 bits per heavy atom. The lowest BCUT2D eigenvalue weighted by atomic mass is 9.99. The lowest BCUT2D eigenvalue weighted by Gasteiger charge is -2.23. The van der Waals surface area contributed by atoms with Crippen molar-refractivity contribution >= 4 is 17.3 Å². The molecule has 2 N–H and O–H groups in total. The zero-order valence-electron chi connectivity index (χ0n) is 11.4. The molecule has 2 rings (SSSR count). The maximum absolute atomic E-state index is 12.2. The number of nitro benzene ring substituents is 1. The second-order valence-electron chi connectivity index (χ2n) is 4.96. The largest absolute Gasteiger partial charge is 0.490 e. The zero-order chi connectivity index (χ0) is 14.8. The first kappa shape index (κ1) is 14.3. The molecular formula is C13H17N3O4. The van der Waals surface area contributed by atoms with E-state index in [4.69, 9.17) is 4.74 Å². The molecule has 1 unspecified atom stereocenters. The van der Waals surface area contributed by atoms with E-state index in [1.165, 1.54) is 19.2 Å². The molecule has 1 saturated heterocycles. The highest BCUT2D eigenvalue weighted by Crippen LogP contribution is 2.30. The van der Waals surface area contributed by atoms with Crippen molar-refractivity contribution in [1.82, 2.24) is 5.32 Å². The number of rotatable bonds is 4. The number of amides is 1. The number of benzene rings is 1. The van der Waals surface area contributed by atoms with Crippen LogP contribution in [0.15, 0.2) is 18.2 Å². The van der Waals surface area contributed by atoms with Gasteiger partial charge in [-0.25, -0.2) is 0 Å².